The zero-order chi connectivity index (χ0) is 25.6. The molecule has 1 aliphatic heterocycles. The smallest absolute Gasteiger partial charge is 0.281 e. The Kier molecular flexibility index (Phi) is 7.33. The number of nitrogens with zero attached hydrogens (tertiary/aromatic N) is 2. The van der Waals surface area contributed by atoms with Crippen LogP contribution in [0, 0.1) is 0 Å². The Balaban J connectivity index is 1.48. The number of amides is 1. The van der Waals surface area contributed by atoms with Crippen LogP contribution >= 0.6 is 11.6 Å². The summed E-state index contributed by atoms with van der Waals surface area (Å²) in [5.74, 6) is 0.999. The van der Waals surface area contributed by atoms with Crippen LogP contribution in [-0.2, 0) is 11.4 Å². The molecule has 5 nitrogen and oxygen atoms in total. The van der Waals surface area contributed by atoms with Crippen molar-refractivity contribution in [1.29, 1.82) is 0 Å². The number of hydrogen-bond acceptors (Lipinski definition) is 4. The van der Waals surface area contributed by atoms with E-state index in [1.165, 1.54) is 5.01 Å². The fourth-order valence-corrected chi connectivity index (χ4v) is 4.23. The van der Waals surface area contributed by atoms with E-state index in [9.17, 15) is 4.79 Å². The van der Waals surface area contributed by atoms with Crippen LogP contribution in [0.25, 0.3) is 6.08 Å². The molecule has 0 fully saturated rings. The molecular weight excluding hydrogens is 484 g/mol. The summed E-state index contributed by atoms with van der Waals surface area (Å²) in [4.78, 5) is 13.5. The summed E-state index contributed by atoms with van der Waals surface area (Å²) in [6.45, 7) is 2.71. The molecule has 1 aliphatic rings. The number of carbonyl (C=O) groups excluding carboxylic acids is 1. The molecule has 0 saturated carbocycles. The summed E-state index contributed by atoms with van der Waals surface area (Å²) in [5, 5.41) is 6.79. The quantitative estimate of drug-likeness (QED) is 0.237. The van der Waals surface area contributed by atoms with Gasteiger partial charge in [-0.25, -0.2) is 0 Å². The Hall–Kier alpha value is -4.35. The number of carbonyl (C=O) groups is 1. The van der Waals surface area contributed by atoms with Crippen molar-refractivity contribution in [3.8, 4) is 11.5 Å². The first-order valence-corrected chi connectivity index (χ1v) is 12.4. The molecule has 0 bridgehead atoms. The van der Waals surface area contributed by atoms with E-state index in [0.29, 0.717) is 46.7 Å². The number of rotatable bonds is 8. The third-order valence-corrected chi connectivity index (χ3v) is 6.21. The summed E-state index contributed by atoms with van der Waals surface area (Å²) >= 11 is 6.28. The Labute approximate surface area is 221 Å². The van der Waals surface area contributed by atoms with Crippen LogP contribution in [-0.4, -0.2) is 18.2 Å². The molecule has 0 spiro atoms. The van der Waals surface area contributed by atoms with Crippen LogP contribution in [0.3, 0.4) is 0 Å². The SMILES string of the molecule is CCOc1cc(/C=C2\C(=O)N(c3ccccc3)N=C2c2ccccc2)ccc1OCc1ccccc1Cl. The second-order valence-electron chi connectivity index (χ2n) is 8.34. The second-order valence-corrected chi connectivity index (χ2v) is 8.75. The molecule has 6 heteroatoms. The van der Waals surface area contributed by atoms with Gasteiger partial charge in [-0.05, 0) is 48.9 Å². The van der Waals surface area contributed by atoms with E-state index in [1.54, 1.807) is 0 Å². The van der Waals surface area contributed by atoms with E-state index in [1.807, 2.05) is 116 Å². The van der Waals surface area contributed by atoms with E-state index in [-0.39, 0.29) is 5.91 Å². The van der Waals surface area contributed by atoms with Gasteiger partial charge >= 0.3 is 0 Å². The molecule has 4 aromatic carbocycles. The first kappa shape index (κ1) is 24.3. The van der Waals surface area contributed by atoms with Crippen LogP contribution in [0.5, 0.6) is 11.5 Å². The van der Waals surface area contributed by atoms with E-state index in [0.717, 1.165) is 16.7 Å². The Morgan fingerprint density at radius 1 is 0.838 bits per heavy atom. The number of anilines is 1. The fraction of sp³-hybridized carbons (Fsp3) is 0.0968. The van der Waals surface area contributed by atoms with E-state index in [4.69, 9.17) is 26.2 Å². The van der Waals surface area contributed by atoms with Crippen molar-refractivity contribution in [2.45, 2.75) is 13.5 Å². The van der Waals surface area contributed by atoms with Crippen LogP contribution in [0.1, 0.15) is 23.6 Å². The van der Waals surface area contributed by atoms with Gasteiger partial charge in [0, 0.05) is 16.1 Å². The van der Waals surface area contributed by atoms with Crippen molar-refractivity contribution < 1.29 is 14.3 Å². The van der Waals surface area contributed by atoms with Crippen molar-refractivity contribution >= 4 is 35.0 Å². The van der Waals surface area contributed by atoms with Crippen LogP contribution in [0.15, 0.2) is 114 Å². The molecule has 184 valence electrons. The molecule has 5 rings (SSSR count). The van der Waals surface area contributed by atoms with Gasteiger partial charge in [0.15, 0.2) is 11.5 Å². The van der Waals surface area contributed by atoms with Crippen molar-refractivity contribution in [2.24, 2.45) is 5.10 Å². The number of para-hydroxylation sites is 1. The lowest BCUT2D eigenvalue weighted by Gasteiger charge is -2.14. The largest absolute Gasteiger partial charge is 0.490 e. The maximum atomic E-state index is 13.5. The van der Waals surface area contributed by atoms with E-state index < -0.39 is 0 Å². The van der Waals surface area contributed by atoms with Crippen molar-refractivity contribution in [3.05, 3.63) is 130 Å². The third kappa shape index (κ3) is 5.42. The molecule has 37 heavy (non-hydrogen) atoms. The van der Waals surface area contributed by atoms with Gasteiger partial charge in [0.1, 0.15) is 12.3 Å². The highest BCUT2D eigenvalue weighted by molar-refractivity contribution is 6.37. The van der Waals surface area contributed by atoms with Gasteiger partial charge < -0.3 is 9.47 Å². The molecule has 0 atom stereocenters. The fourth-order valence-electron chi connectivity index (χ4n) is 4.04. The molecule has 0 saturated heterocycles. The van der Waals surface area contributed by atoms with Gasteiger partial charge in [-0.15, -0.1) is 0 Å². The number of ether oxygens (including phenoxy) is 2. The number of hydrogen-bond donors (Lipinski definition) is 0. The number of halogens is 1. The van der Waals surface area contributed by atoms with Gasteiger partial charge in [0.25, 0.3) is 5.91 Å². The monoisotopic (exact) mass is 508 g/mol. The van der Waals surface area contributed by atoms with Crippen molar-refractivity contribution in [1.82, 2.24) is 0 Å². The molecule has 1 amide bonds. The minimum atomic E-state index is -0.193. The Morgan fingerprint density at radius 2 is 1.54 bits per heavy atom. The lowest BCUT2D eigenvalue weighted by Crippen LogP contribution is -2.21. The molecule has 4 aromatic rings. The highest BCUT2D eigenvalue weighted by Gasteiger charge is 2.32. The van der Waals surface area contributed by atoms with Crippen LogP contribution < -0.4 is 14.5 Å². The van der Waals surface area contributed by atoms with E-state index in [2.05, 4.69) is 0 Å². The summed E-state index contributed by atoms with van der Waals surface area (Å²) in [6.07, 6.45) is 1.84. The normalized spacial score (nSPS) is 14.1. The summed E-state index contributed by atoms with van der Waals surface area (Å²) in [5.41, 5.74) is 4.39. The lowest BCUT2D eigenvalue weighted by molar-refractivity contribution is -0.114. The molecule has 0 aromatic heterocycles. The van der Waals surface area contributed by atoms with Crippen LogP contribution in [0.4, 0.5) is 5.69 Å². The predicted octanol–water partition coefficient (Wildman–Crippen LogP) is 7.15. The minimum Gasteiger partial charge on any atom is -0.490 e. The first-order valence-electron chi connectivity index (χ1n) is 12.0. The zero-order valence-electron chi connectivity index (χ0n) is 20.3. The third-order valence-electron chi connectivity index (χ3n) is 5.85. The van der Waals surface area contributed by atoms with Gasteiger partial charge in [-0.1, -0.05) is 84.4 Å². The minimum absolute atomic E-state index is 0.193. The van der Waals surface area contributed by atoms with Crippen molar-refractivity contribution in [2.75, 3.05) is 11.6 Å². The van der Waals surface area contributed by atoms with Crippen LogP contribution in [0.2, 0.25) is 5.02 Å². The molecule has 0 unspecified atom stereocenters. The summed E-state index contributed by atoms with van der Waals surface area (Å²) in [6, 6.07) is 32.3. The van der Waals surface area contributed by atoms with Crippen molar-refractivity contribution in [3.63, 3.8) is 0 Å². The van der Waals surface area contributed by atoms with Gasteiger partial charge in [0.05, 0.1) is 17.9 Å². The first-order chi connectivity index (χ1) is 18.1. The maximum Gasteiger partial charge on any atom is 0.281 e. The zero-order valence-corrected chi connectivity index (χ0v) is 21.1. The molecular formula is C31H25ClN2O3. The summed E-state index contributed by atoms with van der Waals surface area (Å²) in [7, 11) is 0. The lowest BCUT2D eigenvalue weighted by atomic mass is 10.00. The average Bonchev–Trinajstić information content (AvgIpc) is 3.26. The molecule has 0 radical (unpaired) electrons. The average molecular weight is 509 g/mol. The van der Waals surface area contributed by atoms with Gasteiger partial charge in [-0.3, -0.25) is 4.79 Å². The van der Waals surface area contributed by atoms with E-state index >= 15 is 0 Å². The maximum absolute atomic E-state index is 13.5. The number of benzene rings is 4. The number of hydrazone groups is 1. The van der Waals surface area contributed by atoms with Gasteiger partial charge in [0.2, 0.25) is 0 Å². The highest BCUT2D eigenvalue weighted by Crippen LogP contribution is 2.33. The molecule has 0 N–H and O–H groups in total. The predicted molar refractivity (Wildman–Crippen MR) is 148 cm³/mol. The standard InChI is InChI=1S/C31H25ClN2O3/c1-2-36-29-20-22(17-18-28(29)37-21-24-13-9-10-16-27(24)32)19-26-30(23-11-5-3-6-12-23)33-34(31(26)35)25-14-7-4-8-15-25/h3-20H,2,21H2,1H3/b26-19-. The molecule has 0 aliphatic carbocycles. The molecule has 1 heterocycles. The summed E-state index contributed by atoms with van der Waals surface area (Å²) < 4.78 is 11.9. The Bertz CT molecular complexity index is 1470. The van der Waals surface area contributed by atoms with Gasteiger partial charge in [-0.2, -0.15) is 10.1 Å². The Morgan fingerprint density at radius 3 is 2.27 bits per heavy atom. The second kappa shape index (κ2) is 11.1. The topological polar surface area (TPSA) is 51.1 Å². The highest BCUT2D eigenvalue weighted by atomic mass is 35.5.